The largest absolute Gasteiger partial charge is 0.484 e. The van der Waals surface area contributed by atoms with Crippen molar-refractivity contribution >= 4 is 35.0 Å². The van der Waals surface area contributed by atoms with Crippen LogP contribution in [0.25, 0.3) is 0 Å². The SMILES string of the molecule is C=C(CCN(CCO)C(=O)COc1ccc(Cl)c(F)c1)NC(=O)COc1ccc(Cl)c(F)c1. The molecule has 0 heterocycles. The number of hydrogen-bond donors (Lipinski definition) is 2. The van der Waals surface area contributed by atoms with Gasteiger partial charge in [0.2, 0.25) is 0 Å². The van der Waals surface area contributed by atoms with Gasteiger partial charge >= 0.3 is 0 Å². The van der Waals surface area contributed by atoms with Crippen LogP contribution in [-0.2, 0) is 9.59 Å². The van der Waals surface area contributed by atoms with Crippen LogP contribution >= 0.6 is 23.2 Å². The first kappa shape index (κ1) is 26.4. The van der Waals surface area contributed by atoms with E-state index in [0.717, 1.165) is 12.1 Å². The zero-order chi connectivity index (χ0) is 24.4. The highest BCUT2D eigenvalue weighted by Gasteiger charge is 2.15. The number of carbonyl (C=O) groups excluding carboxylic acids is 2. The van der Waals surface area contributed by atoms with Gasteiger partial charge in [-0.3, -0.25) is 9.59 Å². The third kappa shape index (κ3) is 8.88. The lowest BCUT2D eigenvalue weighted by molar-refractivity contribution is -0.133. The topological polar surface area (TPSA) is 88.1 Å². The summed E-state index contributed by atoms with van der Waals surface area (Å²) in [7, 11) is 0. The number of nitrogens with zero attached hydrogens (tertiary/aromatic N) is 1. The Morgan fingerprint density at radius 1 is 0.970 bits per heavy atom. The molecule has 33 heavy (non-hydrogen) atoms. The highest BCUT2D eigenvalue weighted by atomic mass is 35.5. The Morgan fingerprint density at radius 2 is 1.52 bits per heavy atom. The molecule has 2 rings (SSSR count). The minimum Gasteiger partial charge on any atom is -0.484 e. The van der Waals surface area contributed by atoms with Gasteiger partial charge in [-0.05, 0) is 24.3 Å². The summed E-state index contributed by atoms with van der Waals surface area (Å²) in [5, 5.41) is 11.6. The molecule has 0 aliphatic heterocycles. The lowest BCUT2D eigenvalue weighted by Crippen LogP contribution is -2.39. The number of aliphatic hydroxyl groups excluding tert-OH is 1. The summed E-state index contributed by atoms with van der Waals surface area (Å²) < 4.78 is 37.3. The molecule has 0 unspecified atom stereocenters. The maximum absolute atomic E-state index is 13.5. The fraction of sp³-hybridized carbons (Fsp3) is 0.273. The summed E-state index contributed by atoms with van der Waals surface area (Å²) in [6.07, 6.45) is 0.197. The number of ether oxygens (including phenoxy) is 2. The van der Waals surface area contributed by atoms with E-state index in [0.29, 0.717) is 5.70 Å². The molecule has 11 heteroatoms. The standard InChI is InChI=1S/C22H22Cl2F2N2O5/c1-14(27-21(30)12-32-15-2-4-17(23)19(25)10-15)6-7-28(8-9-29)22(31)13-33-16-3-5-18(24)20(26)11-16/h2-5,10-11,29H,1,6-9,12-13H2,(H,27,30). The van der Waals surface area contributed by atoms with Gasteiger partial charge in [0, 0.05) is 37.3 Å². The molecule has 0 bridgehead atoms. The number of rotatable bonds is 12. The molecular formula is C22H22Cl2F2N2O5. The van der Waals surface area contributed by atoms with Crippen LogP contribution in [0, 0.1) is 11.6 Å². The van der Waals surface area contributed by atoms with Crippen LogP contribution in [0.1, 0.15) is 6.42 Å². The van der Waals surface area contributed by atoms with Crippen molar-refractivity contribution in [2.75, 3.05) is 32.9 Å². The highest BCUT2D eigenvalue weighted by molar-refractivity contribution is 6.31. The molecule has 0 aliphatic rings. The van der Waals surface area contributed by atoms with Crippen LogP contribution in [0.5, 0.6) is 11.5 Å². The van der Waals surface area contributed by atoms with E-state index >= 15 is 0 Å². The van der Waals surface area contributed by atoms with Crippen LogP contribution in [0.4, 0.5) is 8.78 Å². The Kier molecular flexibility index (Phi) is 10.4. The molecule has 7 nitrogen and oxygen atoms in total. The normalized spacial score (nSPS) is 10.5. The molecule has 2 amide bonds. The van der Waals surface area contributed by atoms with Gasteiger partial charge in [0.05, 0.1) is 16.7 Å². The van der Waals surface area contributed by atoms with E-state index in [4.69, 9.17) is 32.7 Å². The van der Waals surface area contributed by atoms with Crippen molar-refractivity contribution in [2.45, 2.75) is 6.42 Å². The van der Waals surface area contributed by atoms with Crippen molar-refractivity contribution in [3.8, 4) is 11.5 Å². The average molecular weight is 503 g/mol. The van der Waals surface area contributed by atoms with Gasteiger partial charge in [-0.1, -0.05) is 29.8 Å². The molecule has 0 saturated carbocycles. The van der Waals surface area contributed by atoms with E-state index in [1.165, 1.54) is 29.2 Å². The van der Waals surface area contributed by atoms with E-state index in [1.807, 2.05) is 0 Å². The molecule has 2 N–H and O–H groups in total. The summed E-state index contributed by atoms with van der Waals surface area (Å²) in [6, 6.07) is 7.58. The Morgan fingerprint density at radius 3 is 2.03 bits per heavy atom. The maximum Gasteiger partial charge on any atom is 0.262 e. The maximum atomic E-state index is 13.5. The van der Waals surface area contributed by atoms with Gasteiger partial charge in [0.25, 0.3) is 11.8 Å². The van der Waals surface area contributed by atoms with Crippen LogP contribution in [0.3, 0.4) is 0 Å². The van der Waals surface area contributed by atoms with E-state index in [-0.39, 0.29) is 60.9 Å². The van der Waals surface area contributed by atoms with Crippen LogP contribution < -0.4 is 14.8 Å². The van der Waals surface area contributed by atoms with Crippen LogP contribution in [0.15, 0.2) is 48.7 Å². The van der Waals surface area contributed by atoms with Crippen molar-refractivity contribution < 1.29 is 33.0 Å². The predicted octanol–water partition coefficient (Wildman–Crippen LogP) is 3.57. The zero-order valence-electron chi connectivity index (χ0n) is 17.5. The molecule has 0 radical (unpaired) electrons. The fourth-order valence-electron chi connectivity index (χ4n) is 2.57. The molecule has 2 aromatic rings. The van der Waals surface area contributed by atoms with Crippen molar-refractivity contribution in [3.63, 3.8) is 0 Å². The van der Waals surface area contributed by atoms with Crippen molar-refractivity contribution in [1.82, 2.24) is 10.2 Å². The molecule has 0 saturated heterocycles. The minimum atomic E-state index is -0.675. The quantitative estimate of drug-likeness (QED) is 0.463. The highest BCUT2D eigenvalue weighted by Crippen LogP contribution is 2.21. The van der Waals surface area contributed by atoms with Crippen LogP contribution in [-0.4, -0.2) is 54.7 Å². The number of nitrogens with one attached hydrogen (secondary N) is 1. The third-order valence-corrected chi connectivity index (χ3v) is 4.85. The van der Waals surface area contributed by atoms with Gasteiger partial charge < -0.3 is 24.8 Å². The third-order valence-electron chi connectivity index (χ3n) is 4.24. The Balaban J connectivity index is 1.77. The number of aliphatic hydroxyl groups is 1. The van der Waals surface area contributed by atoms with Gasteiger partial charge in [0.15, 0.2) is 13.2 Å². The lowest BCUT2D eigenvalue weighted by atomic mass is 10.3. The summed E-state index contributed by atoms with van der Waals surface area (Å²) in [5.41, 5.74) is 0.308. The van der Waals surface area contributed by atoms with Crippen molar-refractivity contribution in [2.24, 2.45) is 0 Å². The zero-order valence-corrected chi connectivity index (χ0v) is 19.0. The van der Waals surface area contributed by atoms with E-state index in [9.17, 15) is 23.5 Å². The van der Waals surface area contributed by atoms with E-state index < -0.39 is 23.4 Å². The average Bonchev–Trinajstić information content (AvgIpc) is 2.78. The molecule has 0 atom stereocenters. The summed E-state index contributed by atoms with van der Waals surface area (Å²) in [6.45, 7) is 2.84. The first-order chi connectivity index (χ1) is 15.7. The summed E-state index contributed by atoms with van der Waals surface area (Å²) in [4.78, 5) is 25.7. The predicted molar refractivity (Wildman–Crippen MR) is 119 cm³/mol. The van der Waals surface area contributed by atoms with Gasteiger partial charge in [-0.25, -0.2) is 8.78 Å². The molecule has 178 valence electrons. The molecule has 0 aromatic heterocycles. The first-order valence-corrected chi connectivity index (χ1v) is 10.5. The van der Waals surface area contributed by atoms with Gasteiger partial charge in [0.1, 0.15) is 23.1 Å². The van der Waals surface area contributed by atoms with Crippen LogP contribution in [0.2, 0.25) is 10.0 Å². The number of hydrogen-bond acceptors (Lipinski definition) is 5. The molecule has 2 aromatic carbocycles. The Hall–Kier alpha value is -2.88. The monoisotopic (exact) mass is 502 g/mol. The minimum absolute atomic E-state index is 0.0314. The second-order valence-electron chi connectivity index (χ2n) is 6.74. The number of halogens is 4. The Bertz CT molecular complexity index is 1010. The summed E-state index contributed by atoms with van der Waals surface area (Å²) in [5.74, 6) is -2.05. The van der Waals surface area contributed by atoms with Crippen molar-refractivity contribution in [1.29, 1.82) is 0 Å². The first-order valence-electron chi connectivity index (χ1n) is 9.71. The molecule has 0 spiro atoms. The van der Waals surface area contributed by atoms with E-state index in [1.54, 1.807) is 0 Å². The van der Waals surface area contributed by atoms with Gasteiger partial charge in [-0.15, -0.1) is 0 Å². The van der Waals surface area contributed by atoms with E-state index in [2.05, 4.69) is 11.9 Å². The Labute approximate surface area is 199 Å². The second-order valence-corrected chi connectivity index (χ2v) is 7.55. The fourth-order valence-corrected chi connectivity index (χ4v) is 2.80. The number of carbonyl (C=O) groups is 2. The number of amides is 2. The molecule has 0 aliphatic carbocycles. The smallest absolute Gasteiger partial charge is 0.262 e. The molecular weight excluding hydrogens is 481 g/mol. The summed E-state index contributed by atoms with van der Waals surface area (Å²) >= 11 is 11.2. The number of benzene rings is 2. The van der Waals surface area contributed by atoms with Gasteiger partial charge in [-0.2, -0.15) is 0 Å². The second kappa shape index (κ2) is 13.0. The lowest BCUT2D eigenvalue weighted by Gasteiger charge is -2.22. The van der Waals surface area contributed by atoms with Crippen molar-refractivity contribution in [3.05, 3.63) is 70.4 Å². The molecule has 0 fully saturated rings.